The van der Waals surface area contributed by atoms with Crippen LogP contribution in [-0.2, 0) is 10.2 Å². The van der Waals surface area contributed by atoms with Crippen molar-refractivity contribution in [3.63, 3.8) is 0 Å². The minimum absolute atomic E-state index is 0.136. The van der Waals surface area contributed by atoms with Crippen LogP contribution in [-0.4, -0.2) is 40.8 Å². The molecule has 0 bridgehead atoms. The third-order valence-corrected chi connectivity index (χ3v) is 7.06. The van der Waals surface area contributed by atoms with E-state index in [1.54, 1.807) is 30.4 Å². The Morgan fingerprint density at radius 1 is 1.06 bits per heavy atom. The summed E-state index contributed by atoms with van der Waals surface area (Å²) in [5.41, 5.74) is 3.12. The lowest BCUT2D eigenvalue weighted by Crippen LogP contribution is -2.44. The topological polar surface area (TPSA) is 90.1 Å². The van der Waals surface area contributed by atoms with Crippen molar-refractivity contribution in [1.29, 1.82) is 0 Å². The molecule has 1 saturated heterocycles. The molecule has 7 nitrogen and oxygen atoms in total. The average molecular weight is 461 g/mol. The lowest BCUT2D eigenvalue weighted by molar-refractivity contribution is 0.0486. The van der Waals surface area contributed by atoms with Crippen LogP contribution in [0, 0.1) is 6.92 Å². The number of aryl methyl sites for hydroxylation is 1. The van der Waals surface area contributed by atoms with Crippen LogP contribution in [0.1, 0.15) is 34.1 Å². The Balaban J connectivity index is 1.35. The maximum atomic E-state index is 13.1. The van der Waals surface area contributed by atoms with E-state index in [-0.39, 0.29) is 11.3 Å². The first kappa shape index (κ1) is 21.5. The number of carbonyl (C=O) groups is 1. The fraction of sp³-hybridized carbons (Fsp3) is 0.280. The van der Waals surface area contributed by atoms with Crippen LogP contribution in [0.25, 0.3) is 22.6 Å². The monoisotopic (exact) mass is 460 g/mol. The van der Waals surface area contributed by atoms with Gasteiger partial charge in [-0.15, -0.1) is 11.3 Å². The van der Waals surface area contributed by atoms with Crippen molar-refractivity contribution in [2.45, 2.75) is 25.2 Å². The van der Waals surface area contributed by atoms with E-state index in [4.69, 9.17) is 14.2 Å². The summed E-state index contributed by atoms with van der Waals surface area (Å²) in [4.78, 5) is 22.3. The third kappa shape index (κ3) is 4.58. The molecule has 0 saturated carbocycles. The van der Waals surface area contributed by atoms with Gasteiger partial charge in [0.2, 0.25) is 11.7 Å². The number of nitrogens with zero attached hydrogens (tertiary/aromatic N) is 3. The van der Waals surface area contributed by atoms with Gasteiger partial charge >= 0.3 is 0 Å². The maximum absolute atomic E-state index is 13.1. The van der Waals surface area contributed by atoms with Gasteiger partial charge in [0.25, 0.3) is 5.91 Å². The van der Waals surface area contributed by atoms with E-state index in [1.807, 2.05) is 30.3 Å². The largest absolute Gasteiger partial charge is 0.381 e. The minimum Gasteiger partial charge on any atom is -0.381 e. The summed E-state index contributed by atoms with van der Waals surface area (Å²) in [7, 11) is 0. The normalized spacial score (nSPS) is 15.3. The molecule has 5 rings (SSSR count). The molecule has 1 aliphatic heterocycles. The summed E-state index contributed by atoms with van der Waals surface area (Å²) < 4.78 is 10.7. The predicted octanol–water partition coefficient (Wildman–Crippen LogP) is 4.65. The van der Waals surface area contributed by atoms with Crippen molar-refractivity contribution in [2.75, 3.05) is 19.8 Å². The predicted molar refractivity (Wildman–Crippen MR) is 126 cm³/mol. The summed E-state index contributed by atoms with van der Waals surface area (Å²) in [5.74, 6) is 0.821. The van der Waals surface area contributed by atoms with Gasteiger partial charge in [-0.05, 0) is 25.0 Å². The van der Waals surface area contributed by atoms with Gasteiger partial charge in [0.15, 0.2) is 0 Å². The van der Waals surface area contributed by atoms with Crippen LogP contribution in [0.5, 0.6) is 0 Å². The number of hydrogen-bond donors (Lipinski definition) is 1. The highest BCUT2D eigenvalue weighted by Crippen LogP contribution is 2.38. The van der Waals surface area contributed by atoms with Crippen molar-refractivity contribution in [3.8, 4) is 22.6 Å². The summed E-state index contributed by atoms with van der Waals surface area (Å²) in [6, 6.07) is 17.4. The van der Waals surface area contributed by atoms with Crippen LogP contribution < -0.4 is 5.32 Å². The van der Waals surface area contributed by atoms with E-state index in [2.05, 4.69) is 33.0 Å². The van der Waals surface area contributed by atoms with Crippen LogP contribution >= 0.6 is 11.3 Å². The van der Waals surface area contributed by atoms with Gasteiger partial charge in [-0.2, -0.15) is 4.98 Å². The molecule has 1 aliphatic rings. The van der Waals surface area contributed by atoms with E-state index < -0.39 is 0 Å². The molecule has 0 radical (unpaired) electrons. The molecule has 0 unspecified atom stereocenters. The van der Waals surface area contributed by atoms with Crippen molar-refractivity contribution in [1.82, 2.24) is 20.4 Å². The minimum atomic E-state index is -0.242. The standard InChI is InChI=1S/C25H24N4O3S/c1-17-27-22(29-32-17)19-8-5-9-20(14-19)23(30)26-16-25(10-12-31-13-11-25)24-28-21(15-33-24)18-6-3-2-4-7-18/h2-9,14-15H,10-13,16H2,1H3,(H,26,30). The average Bonchev–Trinajstić information content (AvgIpc) is 3.54. The molecule has 2 aromatic carbocycles. The van der Waals surface area contributed by atoms with E-state index in [1.165, 1.54) is 0 Å². The highest BCUT2D eigenvalue weighted by atomic mass is 32.1. The Morgan fingerprint density at radius 2 is 1.85 bits per heavy atom. The van der Waals surface area contributed by atoms with Crippen LogP contribution in [0.15, 0.2) is 64.5 Å². The van der Waals surface area contributed by atoms with E-state index >= 15 is 0 Å². The zero-order valence-electron chi connectivity index (χ0n) is 18.3. The highest BCUT2D eigenvalue weighted by Gasteiger charge is 2.38. The first-order chi connectivity index (χ1) is 16.1. The number of nitrogens with one attached hydrogen (secondary N) is 1. The first-order valence-electron chi connectivity index (χ1n) is 10.9. The van der Waals surface area contributed by atoms with Gasteiger partial charge in [-0.25, -0.2) is 4.98 Å². The van der Waals surface area contributed by atoms with Crippen molar-refractivity contribution in [2.24, 2.45) is 0 Å². The van der Waals surface area contributed by atoms with E-state index in [9.17, 15) is 4.79 Å². The lowest BCUT2D eigenvalue weighted by Gasteiger charge is -2.35. The Labute approximate surface area is 195 Å². The van der Waals surface area contributed by atoms with E-state index in [0.29, 0.717) is 37.0 Å². The molecule has 1 fully saturated rings. The zero-order valence-corrected chi connectivity index (χ0v) is 19.1. The van der Waals surface area contributed by atoms with Crippen molar-refractivity contribution >= 4 is 17.2 Å². The third-order valence-electron chi connectivity index (χ3n) is 5.98. The van der Waals surface area contributed by atoms with Gasteiger partial charge in [0.1, 0.15) is 5.01 Å². The molecule has 0 aliphatic carbocycles. The Bertz CT molecular complexity index is 1250. The SMILES string of the molecule is Cc1nc(-c2cccc(C(=O)NCC3(c4nc(-c5ccccc5)cs4)CCOCC3)c2)no1. The second-order valence-electron chi connectivity index (χ2n) is 8.20. The molecule has 168 valence electrons. The molecule has 0 spiro atoms. The molecular weight excluding hydrogens is 436 g/mol. The zero-order chi connectivity index (χ0) is 22.7. The first-order valence-corrected chi connectivity index (χ1v) is 11.8. The molecule has 1 N–H and O–H groups in total. The molecule has 4 aromatic rings. The highest BCUT2D eigenvalue weighted by molar-refractivity contribution is 7.10. The Morgan fingerprint density at radius 3 is 2.61 bits per heavy atom. The number of amides is 1. The lowest BCUT2D eigenvalue weighted by atomic mass is 9.80. The Kier molecular flexibility index (Phi) is 6.02. The van der Waals surface area contributed by atoms with Crippen LogP contribution in [0.4, 0.5) is 0 Å². The fourth-order valence-electron chi connectivity index (χ4n) is 4.05. The molecule has 1 amide bonds. The summed E-state index contributed by atoms with van der Waals surface area (Å²) in [6.45, 7) is 3.55. The number of rotatable bonds is 6. The number of carbonyl (C=O) groups excluding carboxylic acids is 1. The fourth-order valence-corrected chi connectivity index (χ4v) is 5.14. The van der Waals surface area contributed by atoms with Crippen molar-refractivity contribution in [3.05, 3.63) is 76.4 Å². The number of thiazole rings is 1. The van der Waals surface area contributed by atoms with Crippen LogP contribution in [0.2, 0.25) is 0 Å². The quantitative estimate of drug-likeness (QED) is 0.451. The second-order valence-corrected chi connectivity index (χ2v) is 9.06. The van der Waals surface area contributed by atoms with E-state index in [0.717, 1.165) is 34.7 Å². The van der Waals surface area contributed by atoms with Crippen LogP contribution in [0.3, 0.4) is 0 Å². The molecule has 3 heterocycles. The number of aromatic nitrogens is 3. The number of ether oxygens (including phenoxy) is 1. The van der Waals surface area contributed by atoms with Gasteiger partial charge < -0.3 is 14.6 Å². The maximum Gasteiger partial charge on any atom is 0.251 e. The number of hydrogen-bond acceptors (Lipinski definition) is 7. The summed E-state index contributed by atoms with van der Waals surface area (Å²) in [6.07, 6.45) is 1.63. The molecule has 33 heavy (non-hydrogen) atoms. The molecule has 2 aromatic heterocycles. The smallest absolute Gasteiger partial charge is 0.251 e. The van der Waals surface area contributed by atoms with Gasteiger partial charge in [-0.3, -0.25) is 4.79 Å². The molecular formula is C25H24N4O3S. The van der Waals surface area contributed by atoms with Crippen molar-refractivity contribution < 1.29 is 14.1 Å². The summed E-state index contributed by atoms with van der Waals surface area (Å²) >= 11 is 1.65. The summed E-state index contributed by atoms with van der Waals surface area (Å²) in [5, 5.41) is 10.2. The number of benzene rings is 2. The van der Waals surface area contributed by atoms with Gasteiger partial charge in [0.05, 0.1) is 5.69 Å². The van der Waals surface area contributed by atoms with Gasteiger partial charge in [0, 0.05) is 54.2 Å². The molecule has 8 heteroatoms. The second kappa shape index (κ2) is 9.25. The van der Waals surface area contributed by atoms with Gasteiger partial charge in [-0.1, -0.05) is 47.6 Å². The molecule has 0 atom stereocenters. The Hall–Kier alpha value is -3.36.